The number of nitrogens with zero attached hydrogens (tertiary/aromatic N) is 2. The Morgan fingerprint density at radius 3 is 2.95 bits per heavy atom. The molecule has 0 bridgehead atoms. The first-order valence-electron chi connectivity index (χ1n) is 7.92. The van der Waals surface area contributed by atoms with Crippen molar-refractivity contribution >= 4 is 10.9 Å². The lowest BCUT2D eigenvalue weighted by atomic mass is 10.1. The minimum absolute atomic E-state index is 0.0810. The molecule has 0 spiro atoms. The second kappa shape index (κ2) is 5.74. The van der Waals surface area contributed by atoms with Gasteiger partial charge in [0.1, 0.15) is 12.7 Å². The third kappa shape index (κ3) is 2.62. The third-order valence-corrected chi connectivity index (χ3v) is 4.31. The van der Waals surface area contributed by atoms with Crippen LogP contribution in [0.25, 0.3) is 10.9 Å². The molecule has 5 heteroatoms. The van der Waals surface area contributed by atoms with Crippen LogP contribution in [0.5, 0.6) is 11.5 Å². The normalized spacial score (nSPS) is 22.0. The molecule has 1 atom stereocenters. The number of aromatic nitrogens is 1. The lowest BCUT2D eigenvalue weighted by Crippen LogP contribution is -2.49. The molecule has 2 aliphatic heterocycles. The van der Waals surface area contributed by atoms with E-state index >= 15 is 0 Å². The Kier molecular flexibility index (Phi) is 3.60. The van der Waals surface area contributed by atoms with Crippen molar-refractivity contribution < 1.29 is 9.47 Å². The number of hydrogen-bond donors (Lipinski definition) is 1. The van der Waals surface area contributed by atoms with Crippen molar-refractivity contribution in [1.82, 2.24) is 15.2 Å². The van der Waals surface area contributed by atoms with Crippen molar-refractivity contribution in [2.75, 3.05) is 39.3 Å². The Bertz CT molecular complexity index is 683. The maximum atomic E-state index is 6.26. The van der Waals surface area contributed by atoms with E-state index < -0.39 is 0 Å². The van der Waals surface area contributed by atoms with E-state index in [2.05, 4.69) is 21.3 Å². The highest BCUT2D eigenvalue weighted by atomic mass is 16.6. The molecule has 0 aliphatic carbocycles. The molecule has 1 fully saturated rings. The summed E-state index contributed by atoms with van der Waals surface area (Å²) in [5.41, 5.74) is 1.98. The van der Waals surface area contributed by atoms with Gasteiger partial charge in [-0.3, -0.25) is 9.88 Å². The van der Waals surface area contributed by atoms with Crippen molar-refractivity contribution in [3.05, 3.63) is 30.0 Å². The van der Waals surface area contributed by atoms with Crippen LogP contribution >= 0.6 is 0 Å². The van der Waals surface area contributed by atoms with Gasteiger partial charge in [0.15, 0.2) is 11.5 Å². The standard InChI is InChI=1S/C17H21N3O2/c1-12-2-3-14-15(19-12)4-5-16-17(14)22-13(11-21-16)10-20-8-6-18-7-9-20/h2-5,13,18H,6-11H2,1H3/t13-/m0/s1. The zero-order valence-electron chi connectivity index (χ0n) is 12.8. The largest absolute Gasteiger partial charge is 0.486 e. The molecule has 1 N–H and O–H groups in total. The molecule has 22 heavy (non-hydrogen) atoms. The number of hydrogen-bond acceptors (Lipinski definition) is 5. The zero-order valence-corrected chi connectivity index (χ0v) is 12.8. The number of benzene rings is 1. The Labute approximate surface area is 130 Å². The molecule has 116 valence electrons. The number of pyridine rings is 1. The van der Waals surface area contributed by atoms with Gasteiger partial charge in [0.05, 0.1) is 5.52 Å². The summed E-state index contributed by atoms with van der Waals surface area (Å²) in [7, 11) is 0. The Morgan fingerprint density at radius 1 is 1.23 bits per heavy atom. The molecule has 2 aromatic rings. The first-order chi connectivity index (χ1) is 10.8. The Morgan fingerprint density at radius 2 is 2.09 bits per heavy atom. The first-order valence-corrected chi connectivity index (χ1v) is 7.92. The molecule has 3 heterocycles. The highest BCUT2D eigenvalue weighted by molar-refractivity contribution is 5.88. The Hall–Kier alpha value is -1.85. The van der Waals surface area contributed by atoms with Gasteiger partial charge in [-0.1, -0.05) is 0 Å². The van der Waals surface area contributed by atoms with Crippen LogP contribution in [0.1, 0.15) is 5.69 Å². The first kappa shape index (κ1) is 13.8. The van der Waals surface area contributed by atoms with Gasteiger partial charge in [0, 0.05) is 43.8 Å². The summed E-state index contributed by atoms with van der Waals surface area (Å²) < 4.78 is 12.2. The highest BCUT2D eigenvalue weighted by Gasteiger charge is 2.25. The van der Waals surface area contributed by atoms with E-state index in [0.29, 0.717) is 6.61 Å². The molecule has 0 radical (unpaired) electrons. The predicted octanol–water partition coefficient (Wildman–Crippen LogP) is 1.59. The van der Waals surface area contributed by atoms with Crippen molar-refractivity contribution in [2.45, 2.75) is 13.0 Å². The lowest BCUT2D eigenvalue weighted by Gasteiger charge is -2.33. The predicted molar refractivity (Wildman–Crippen MR) is 85.7 cm³/mol. The molecule has 1 aromatic heterocycles. The van der Waals surface area contributed by atoms with E-state index in [4.69, 9.17) is 9.47 Å². The van der Waals surface area contributed by atoms with Crippen LogP contribution in [0, 0.1) is 6.92 Å². The van der Waals surface area contributed by atoms with E-state index in [1.54, 1.807) is 0 Å². The summed E-state index contributed by atoms with van der Waals surface area (Å²) in [6, 6.07) is 8.06. The van der Waals surface area contributed by atoms with Gasteiger partial charge in [-0.25, -0.2) is 0 Å². The van der Waals surface area contributed by atoms with Gasteiger partial charge in [-0.2, -0.15) is 0 Å². The van der Waals surface area contributed by atoms with Crippen LogP contribution in [0.15, 0.2) is 24.3 Å². The summed E-state index contributed by atoms with van der Waals surface area (Å²) in [5.74, 6) is 1.67. The maximum absolute atomic E-state index is 6.26. The number of nitrogens with one attached hydrogen (secondary N) is 1. The number of piperazine rings is 1. The van der Waals surface area contributed by atoms with E-state index in [0.717, 1.165) is 60.8 Å². The van der Waals surface area contributed by atoms with E-state index in [-0.39, 0.29) is 6.10 Å². The second-order valence-electron chi connectivity index (χ2n) is 6.01. The quantitative estimate of drug-likeness (QED) is 0.912. The van der Waals surface area contributed by atoms with E-state index in [1.807, 2.05) is 25.1 Å². The van der Waals surface area contributed by atoms with Crippen LogP contribution in [0.2, 0.25) is 0 Å². The van der Waals surface area contributed by atoms with Crippen molar-refractivity contribution in [1.29, 1.82) is 0 Å². The van der Waals surface area contributed by atoms with Gasteiger partial charge in [-0.05, 0) is 31.2 Å². The molecule has 5 nitrogen and oxygen atoms in total. The van der Waals surface area contributed by atoms with Crippen LogP contribution in [0.3, 0.4) is 0 Å². The molecule has 0 unspecified atom stereocenters. The molecule has 1 aromatic carbocycles. The molecule has 0 amide bonds. The zero-order chi connectivity index (χ0) is 14.9. The van der Waals surface area contributed by atoms with Crippen molar-refractivity contribution in [2.24, 2.45) is 0 Å². The number of aryl methyl sites for hydroxylation is 1. The molecule has 2 aliphatic rings. The van der Waals surface area contributed by atoms with Crippen molar-refractivity contribution in [3.8, 4) is 11.5 Å². The second-order valence-corrected chi connectivity index (χ2v) is 6.01. The maximum Gasteiger partial charge on any atom is 0.171 e. The lowest BCUT2D eigenvalue weighted by molar-refractivity contribution is 0.0568. The van der Waals surface area contributed by atoms with Crippen LogP contribution in [-0.4, -0.2) is 55.3 Å². The molecule has 0 saturated carbocycles. The monoisotopic (exact) mass is 299 g/mol. The number of fused-ring (bicyclic) bond motifs is 3. The fourth-order valence-electron chi connectivity index (χ4n) is 3.15. The van der Waals surface area contributed by atoms with Crippen LogP contribution < -0.4 is 14.8 Å². The molecule has 1 saturated heterocycles. The van der Waals surface area contributed by atoms with Gasteiger partial charge >= 0.3 is 0 Å². The van der Waals surface area contributed by atoms with Gasteiger partial charge < -0.3 is 14.8 Å². The molecule has 4 rings (SSSR count). The fraction of sp³-hybridized carbons (Fsp3) is 0.471. The minimum Gasteiger partial charge on any atom is -0.486 e. The average molecular weight is 299 g/mol. The van der Waals surface area contributed by atoms with Crippen molar-refractivity contribution in [3.63, 3.8) is 0 Å². The fourth-order valence-corrected chi connectivity index (χ4v) is 3.15. The van der Waals surface area contributed by atoms with Gasteiger partial charge in [-0.15, -0.1) is 0 Å². The highest BCUT2D eigenvalue weighted by Crippen LogP contribution is 2.38. The Balaban J connectivity index is 1.58. The van der Waals surface area contributed by atoms with Gasteiger partial charge in [0.2, 0.25) is 0 Å². The molecular formula is C17H21N3O2. The summed E-state index contributed by atoms with van der Waals surface area (Å²) in [6.45, 7) is 7.78. The SMILES string of the molecule is Cc1ccc2c3c(ccc2n1)OC[C@H](CN1CCNCC1)O3. The summed E-state index contributed by atoms with van der Waals surface area (Å²) in [4.78, 5) is 7.00. The van der Waals surface area contributed by atoms with E-state index in [1.165, 1.54) is 0 Å². The smallest absolute Gasteiger partial charge is 0.171 e. The van der Waals surface area contributed by atoms with Crippen LogP contribution in [-0.2, 0) is 0 Å². The summed E-state index contributed by atoms with van der Waals surface area (Å²) in [5, 5.41) is 4.41. The molecular weight excluding hydrogens is 278 g/mol. The third-order valence-electron chi connectivity index (χ3n) is 4.31. The van der Waals surface area contributed by atoms with E-state index in [9.17, 15) is 0 Å². The topological polar surface area (TPSA) is 46.6 Å². The summed E-state index contributed by atoms with van der Waals surface area (Å²) >= 11 is 0. The number of rotatable bonds is 2. The van der Waals surface area contributed by atoms with Crippen LogP contribution in [0.4, 0.5) is 0 Å². The number of ether oxygens (including phenoxy) is 2. The minimum atomic E-state index is 0.0810. The summed E-state index contributed by atoms with van der Waals surface area (Å²) in [6.07, 6.45) is 0.0810. The average Bonchev–Trinajstić information content (AvgIpc) is 2.55. The van der Waals surface area contributed by atoms with Gasteiger partial charge in [0.25, 0.3) is 0 Å².